The van der Waals surface area contributed by atoms with E-state index in [-0.39, 0.29) is 23.6 Å². The van der Waals surface area contributed by atoms with E-state index >= 15 is 0 Å². The molecule has 5 heteroatoms. The predicted octanol–water partition coefficient (Wildman–Crippen LogP) is 6.35. The third-order valence-corrected chi connectivity index (χ3v) is 6.57. The first-order valence-corrected chi connectivity index (χ1v) is 12.3. The Bertz CT molecular complexity index is 1360. The molecule has 0 saturated carbocycles. The molecule has 0 fully saturated rings. The Morgan fingerprint density at radius 3 is 2.29 bits per heavy atom. The molecule has 4 rings (SSSR count). The highest BCUT2D eigenvalue weighted by molar-refractivity contribution is 7.10. The molecule has 0 aliphatic rings. The zero-order valence-electron chi connectivity index (χ0n) is 20.0. The first-order chi connectivity index (χ1) is 16.9. The maximum absolute atomic E-state index is 13.6. The fraction of sp³-hybridized carbons (Fsp3) is 0.133. The number of carbonyl (C=O) groups is 2. The van der Waals surface area contributed by atoms with Crippen LogP contribution in [0.5, 0.6) is 0 Å². The van der Waals surface area contributed by atoms with E-state index in [1.165, 1.54) is 11.3 Å². The van der Waals surface area contributed by atoms with Gasteiger partial charge in [0, 0.05) is 10.4 Å². The maximum Gasteiger partial charge on any atom is 0.268 e. The van der Waals surface area contributed by atoms with Gasteiger partial charge in [-0.05, 0) is 67.1 Å². The first kappa shape index (κ1) is 24.2. The van der Waals surface area contributed by atoms with E-state index in [0.29, 0.717) is 5.56 Å². The molecule has 0 saturated heterocycles. The molecule has 0 spiro atoms. The minimum absolute atomic E-state index is 0.199. The van der Waals surface area contributed by atoms with Gasteiger partial charge in [0.2, 0.25) is 0 Å². The third kappa shape index (κ3) is 6.14. The summed E-state index contributed by atoms with van der Waals surface area (Å²) in [6.07, 6.45) is 1.72. The molecule has 3 aromatic carbocycles. The monoisotopic (exact) mass is 480 g/mol. The second kappa shape index (κ2) is 11.0. The van der Waals surface area contributed by atoms with Crippen molar-refractivity contribution in [2.45, 2.75) is 26.8 Å². The van der Waals surface area contributed by atoms with E-state index in [9.17, 15) is 9.59 Å². The lowest BCUT2D eigenvalue weighted by molar-refractivity contribution is -0.118. The molecule has 2 N–H and O–H groups in total. The Hall–Kier alpha value is -3.96. The smallest absolute Gasteiger partial charge is 0.268 e. The van der Waals surface area contributed by atoms with Crippen molar-refractivity contribution in [1.82, 2.24) is 10.6 Å². The number of amides is 2. The van der Waals surface area contributed by atoms with Crippen molar-refractivity contribution in [1.29, 1.82) is 0 Å². The fourth-order valence-corrected chi connectivity index (χ4v) is 4.66. The van der Waals surface area contributed by atoms with Crippen molar-refractivity contribution in [2.24, 2.45) is 0 Å². The Morgan fingerprint density at radius 1 is 0.829 bits per heavy atom. The second-order valence-corrected chi connectivity index (χ2v) is 9.55. The van der Waals surface area contributed by atoms with Gasteiger partial charge in [-0.25, -0.2) is 0 Å². The fourth-order valence-electron chi connectivity index (χ4n) is 4.00. The van der Waals surface area contributed by atoms with Gasteiger partial charge in [0.15, 0.2) is 0 Å². The van der Waals surface area contributed by atoms with Gasteiger partial charge >= 0.3 is 0 Å². The summed E-state index contributed by atoms with van der Waals surface area (Å²) in [5.41, 5.74) is 5.90. The van der Waals surface area contributed by atoms with E-state index in [1.807, 2.05) is 79.9 Å². The summed E-state index contributed by atoms with van der Waals surface area (Å²) < 4.78 is 0. The largest absolute Gasteiger partial charge is 0.340 e. The van der Waals surface area contributed by atoms with Crippen LogP contribution in [-0.2, 0) is 4.79 Å². The van der Waals surface area contributed by atoms with Gasteiger partial charge in [-0.3, -0.25) is 9.59 Å². The van der Waals surface area contributed by atoms with Crippen LogP contribution < -0.4 is 10.6 Å². The van der Waals surface area contributed by atoms with Crippen molar-refractivity contribution in [3.63, 3.8) is 0 Å². The van der Waals surface area contributed by atoms with E-state index in [4.69, 9.17) is 0 Å². The van der Waals surface area contributed by atoms with Crippen molar-refractivity contribution < 1.29 is 9.59 Å². The van der Waals surface area contributed by atoms with Gasteiger partial charge in [-0.1, -0.05) is 77.9 Å². The van der Waals surface area contributed by atoms with Crippen molar-refractivity contribution in [2.75, 3.05) is 0 Å². The summed E-state index contributed by atoms with van der Waals surface area (Å²) in [6.45, 7) is 6.03. The van der Waals surface area contributed by atoms with Crippen LogP contribution in [0.15, 0.2) is 96.0 Å². The molecule has 176 valence electrons. The SMILES string of the molecule is Cc1cccc(C(=O)N/C(=C\c2cccs2)C(=O)N[C@@H](c2ccccc2)c2ccc(C)cc2C)c1. The average molecular weight is 481 g/mol. The molecule has 35 heavy (non-hydrogen) atoms. The molecular formula is C30H28N2O2S. The summed E-state index contributed by atoms with van der Waals surface area (Å²) in [5, 5.41) is 7.96. The zero-order chi connectivity index (χ0) is 24.8. The van der Waals surface area contributed by atoms with Crippen molar-refractivity contribution >= 4 is 29.2 Å². The average Bonchev–Trinajstić information content (AvgIpc) is 3.36. The number of hydrogen-bond donors (Lipinski definition) is 2. The molecule has 0 radical (unpaired) electrons. The van der Waals surface area contributed by atoms with Crippen LogP contribution in [0.3, 0.4) is 0 Å². The van der Waals surface area contributed by atoms with Crippen LogP contribution >= 0.6 is 11.3 Å². The Kier molecular flexibility index (Phi) is 7.58. The van der Waals surface area contributed by atoms with Crippen molar-refractivity contribution in [3.8, 4) is 0 Å². The van der Waals surface area contributed by atoms with Crippen LogP contribution in [0.2, 0.25) is 0 Å². The number of rotatable bonds is 7. The molecule has 1 aromatic heterocycles. The van der Waals surface area contributed by atoms with E-state index < -0.39 is 0 Å². The summed E-state index contributed by atoms with van der Waals surface area (Å²) in [7, 11) is 0. The number of benzene rings is 3. The molecule has 1 atom stereocenters. The highest BCUT2D eigenvalue weighted by Crippen LogP contribution is 2.26. The Morgan fingerprint density at radius 2 is 1.60 bits per heavy atom. The molecule has 1 heterocycles. The minimum atomic E-state index is -0.369. The van der Waals surface area contributed by atoms with Gasteiger partial charge in [0.25, 0.3) is 11.8 Å². The van der Waals surface area contributed by atoms with Crippen molar-refractivity contribution in [3.05, 3.63) is 134 Å². The lowest BCUT2D eigenvalue weighted by Crippen LogP contribution is -2.37. The zero-order valence-corrected chi connectivity index (χ0v) is 20.9. The number of carbonyl (C=O) groups excluding carboxylic acids is 2. The second-order valence-electron chi connectivity index (χ2n) is 8.57. The van der Waals surface area contributed by atoms with E-state index in [2.05, 4.69) is 29.7 Å². The van der Waals surface area contributed by atoms with Crippen LogP contribution in [-0.4, -0.2) is 11.8 Å². The lowest BCUT2D eigenvalue weighted by Gasteiger charge is -2.23. The van der Waals surface area contributed by atoms with Gasteiger partial charge in [-0.2, -0.15) is 0 Å². The standard InChI is InChI=1S/C30H28N2O2S/c1-20-9-7-12-24(18-20)29(33)31-27(19-25-13-8-16-35-25)30(34)32-28(23-10-5-4-6-11-23)26-15-14-21(2)17-22(26)3/h4-19,28H,1-3H3,(H,31,33)(H,32,34)/b27-19-/t28-/m0/s1. The molecule has 4 nitrogen and oxygen atoms in total. The summed E-state index contributed by atoms with van der Waals surface area (Å²) in [6, 6.07) is 26.8. The van der Waals surface area contributed by atoms with Gasteiger partial charge < -0.3 is 10.6 Å². The number of nitrogens with one attached hydrogen (secondary N) is 2. The molecular weight excluding hydrogens is 452 g/mol. The molecule has 0 bridgehead atoms. The van der Waals surface area contributed by atoms with Crippen LogP contribution in [0.25, 0.3) is 6.08 Å². The molecule has 2 amide bonds. The number of thiophene rings is 1. The lowest BCUT2D eigenvalue weighted by atomic mass is 9.93. The molecule has 0 aliphatic heterocycles. The summed E-state index contributed by atoms with van der Waals surface area (Å²) in [4.78, 5) is 27.6. The third-order valence-electron chi connectivity index (χ3n) is 5.75. The quantitative estimate of drug-likeness (QED) is 0.303. The highest BCUT2D eigenvalue weighted by atomic mass is 32.1. The summed E-state index contributed by atoms with van der Waals surface area (Å²) >= 11 is 1.50. The first-order valence-electron chi connectivity index (χ1n) is 11.5. The Labute approximate surface area is 210 Å². The highest BCUT2D eigenvalue weighted by Gasteiger charge is 2.22. The van der Waals surface area contributed by atoms with Gasteiger partial charge in [-0.15, -0.1) is 11.3 Å². The normalized spacial score (nSPS) is 12.1. The van der Waals surface area contributed by atoms with E-state index in [1.54, 1.807) is 18.2 Å². The minimum Gasteiger partial charge on any atom is -0.340 e. The van der Waals surface area contributed by atoms with E-state index in [0.717, 1.165) is 32.7 Å². The van der Waals surface area contributed by atoms with Crippen LogP contribution in [0.4, 0.5) is 0 Å². The summed E-state index contributed by atoms with van der Waals surface area (Å²) in [5.74, 6) is -0.678. The molecule has 0 aliphatic carbocycles. The number of aryl methyl sites for hydroxylation is 3. The van der Waals surface area contributed by atoms with Crippen LogP contribution in [0, 0.1) is 20.8 Å². The van der Waals surface area contributed by atoms with Gasteiger partial charge in [0.05, 0.1) is 6.04 Å². The van der Waals surface area contributed by atoms with Crippen LogP contribution in [0.1, 0.15) is 49.1 Å². The maximum atomic E-state index is 13.6. The number of hydrogen-bond acceptors (Lipinski definition) is 3. The molecule has 4 aromatic rings. The topological polar surface area (TPSA) is 58.2 Å². The predicted molar refractivity (Wildman–Crippen MR) is 143 cm³/mol. The molecule has 0 unspecified atom stereocenters. The van der Waals surface area contributed by atoms with Gasteiger partial charge in [0.1, 0.15) is 5.70 Å². The Balaban J connectivity index is 1.68.